The third kappa shape index (κ3) is 4.06. The molecule has 2 heterocycles. The van der Waals surface area contributed by atoms with E-state index in [4.69, 9.17) is 0 Å². The summed E-state index contributed by atoms with van der Waals surface area (Å²) in [6.07, 6.45) is 0.199. The molecule has 2 aromatic rings. The number of carboxylic acids is 1. The molecule has 2 saturated heterocycles. The summed E-state index contributed by atoms with van der Waals surface area (Å²) in [6.45, 7) is 4.60. The molecule has 150 valence electrons. The molecule has 2 amide bonds. The Balaban J connectivity index is 1.38. The van der Waals surface area contributed by atoms with Crippen molar-refractivity contribution in [2.75, 3.05) is 31.1 Å². The number of quaternary nitrogens is 2. The molecule has 2 aromatic carbocycles. The summed E-state index contributed by atoms with van der Waals surface area (Å²) in [5.74, 6) is -1.71. The number of benzene rings is 2. The summed E-state index contributed by atoms with van der Waals surface area (Å²) in [5.41, 5.74) is 1.75. The van der Waals surface area contributed by atoms with Crippen LogP contribution in [0.4, 0.5) is 5.69 Å². The highest BCUT2D eigenvalue weighted by molar-refractivity contribution is 6.21. The minimum absolute atomic E-state index is 0.0209. The molecule has 2 N–H and O–H groups in total. The number of rotatable bonds is 5. The lowest BCUT2D eigenvalue weighted by molar-refractivity contribution is -1.02. The maximum absolute atomic E-state index is 13.0. The van der Waals surface area contributed by atoms with Crippen LogP contribution >= 0.6 is 0 Å². The van der Waals surface area contributed by atoms with Crippen molar-refractivity contribution in [1.29, 1.82) is 0 Å². The third-order valence-corrected chi connectivity index (χ3v) is 5.90. The van der Waals surface area contributed by atoms with Gasteiger partial charge in [-0.15, -0.1) is 0 Å². The maximum atomic E-state index is 13.0. The first-order chi connectivity index (χ1) is 14.0. The summed E-state index contributed by atoms with van der Waals surface area (Å²) >= 11 is 0. The molecule has 7 heteroatoms. The Morgan fingerprint density at radius 3 is 2.24 bits per heavy atom. The first kappa shape index (κ1) is 19.3. The van der Waals surface area contributed by atoms with Gasteiger partial charge in [-0.05, 0) is 17.7 Å². The van der Waals surface area contributed by atoms with Crippen molar-refractivity contribution in [1.82, 2.24) is 0 Å². The highest BCUT2D eigenvalue weighted by atomic mass is 16.4. The zero-order chi connectivity index (χ0) is 20.4. The van der Waals surface area contributed by atoms with Crippen molar-refractivity contribution in [3.63, 3.8) is 0 Å². The van der Waals surface area contributed by atoms with Gasteiger partial charge < -0.3 is 19.7 Å². The molecular formula is C22H24N3O4+. The summed E-state index contributed by atoms with van der Waals surface area (Å²) < 4.78 is 0. The number of hydrogen-bond donors (Lipinski definition) is 2. The third-order valence-electron chi connectivity index (χ3n) is 5.90. The number of hydrogen-bond acceptors (Lipinski definition) is 4. The van der Waals surface area contributed by atoms with Crippen LogP contribution in [0.3, 0.4) is 0 Å². The van der Waals surface area contributed by atoms with Gasteiger partial charge in [-0.1, -0.05) is 42.5 Å². The topological polar surface area (TPSA) is 86.4 Å². The van der Waals surface area contributed by atoms with E-state index in [9.17, 15) is 19.5 Å². The van der Waals surface area contributed by atoms with Gasteiger partial charge in [0.15, 0.2) is 6.04 Å². The standard InChI is InChI=1S/C22H23N3O4/c26-20-14-19(21(27)25(20)18-8-6-17(7-9-18)22(28)29)24-12-10-23(11-13-24)15-16-4-2-1-3-5-16/h1-9,19H,10-15H2,(H,28,29)/p+1/t19-/m1/s1. The lowest BCUT2D eigenvalue weighted by Crippen LogP contribution is -3.29. The zero-order valence-electron chi connectivity index (χ0n) is 16.1. The number of imide groups is 1. The van der Waals surface area contributed by atoms with E-state index in [1.807, 2.05) is 18.2 Å². The van der Waals surface area contributed by atoms with Crippen LogP contribution in [0.2, 0.25) is 0 Å². The van der Waals surface area contributed by atoms with Gasteiger partial charge in [-0.2, -0.15) is 0 Å². The molecule has 7 nitrogen and oxygen atoms in total. The Hall–Kier alpha value is -3.03. The van der Waals surface area contributed by atoms with Crippen molar-refractivity contribution in [2.24, 2.45) is 0 Å². The number of nitrogens with one attached hydrogen (secondary N) is 2. The molecule has 0 unspecified atom stereocenters. The number of amides is 2. The van der Waals surface area contributed by atoms with E-state index in [0.29, 0.717) is 5.69 Å². The Morgan fingerprint density at radius 1 is 0.966 bits per heavy atom. The second-order valence-corrected chi connectivity index (χ2v) is 7.73. The Labute approximate surface area is 169 Å². The molecule has 0 saturated carbocycles. The molecule has 1 atom stereocenters. The van der Waals surface area contributed by atoms with Crippen molar-refractivity contribution < 1.29 is 29.3 Å². The van der Waals surface area contributed by atoms with Crippen LogP contribution in [0.15, 0.2) is 54.6 Å². The molecule has 0 bridgehead atoms. The maximum Gasteiger partial charge on any atom is 0.292 e. The second-order valence-electron chi connectivity index (χ2n) is 7.73. The minimum Gasteiger partial charge on any atom is -0.545 e. The fourth-order valence-corrected chi connectivity index (χ4v) is 4.30. The Morgan fingerprint density at radius 2 is 1.62 bits per heavy atom. The van der Waals surface area contributed by atoms with Crippen LogP contribution in [0.25, 0.3) is 0 Å². The minimum atomic E-state index is -1.28. The van der Waals surface area contributed by atoms with Gasteiger partial charge >= 0.3 is 0 Å². The zero-order valence-corrected chi connectivity index (χ0v) is 16.1. The molecule has 0 radical (unpaired) electrons. The molecule has 0 spiro atoms. The number of nitrogens with zero attached hydrogens (tertiary/aromatic N) is 1. The van der Waals surface area contributed by atoms with Gasteiger partial charge in [-0.3, -0.25) is 9.59 Å². The highest BCUT2D eigenvalue weighted by Gasteiger charge is 2.46. The highest BCUT2D eigenvalue weighted by Crippen LogP contribution is 2.22. The van der Waals surface area contributed by atoms with Gasteiger partial charge in [0.2, 0.25) is 5.91 Å². The summed E-state index contributed by atoms with van der Waals surface area (Å²) in [5, 5.41) is 10.9. The molecule has 0 aliphatic carbocycles. The number of carbonyl (C=O) groups is 3. The van der Waals surface area contributed by atoms with Crippen LogP contribution in [0, 0.1) is 0 Å². The molecule has 29 heavy (non-hydrogen) atoms. The van der Waals surface area contributed by atoms with Crippen molar-refractivity contribution in [3.8, 4) is 0 Å². The van der Waals surface area contributed by atoms with E-state index in [-0.39, 0.29) is 29.8 Å². The van der Waals surface area contributed by atoms with Gasteiger partial charge in [0.1, 0.15) is 32.7 Å². The summed E-state index contributed by atoms with van der Waals surface area (Å²) in [4.78, 5) is 40.2. The predicted octanol–water partition coefficient (Wildman–Crippen LogP) is -2.33. The van der Waals surface area contributed by atoms with Gasteiger partial charge in [0.25, 0.3) is 5.91 Å². The van der Waals surface area contributed by atoms with Gasteiger partial charge in [0.05, 0.1) is 18.1 Å². The largest absolute Gasteiger partial charge is 0.545 e. The first-order valence-electron chi connectivity index (χ1n) is 9.93. The van der Waals surface area contributed by atoms with E-state index in [1.165, 1.54) is 39.6 Å². The molecule has 2 aliphatic heterocycles. The normalized spacial score (nSPS) is 24.7. The number of carbonyl (C=O) groups excluding carboxylic acids is 3. The van der Waals surface area contributed by atoms with Crippen LogP contribution < -0.4 is 19.8 Å². The Kier molecular flexibility index (Phi) is 5.42. The monoisotopic (exact) mass is 394 g/mol. The number of carboxylic acid groups (broad SMARTS) is 1. The number of anilines is 1. The molecular weight excluding hydrogens is 370 g/mol. The van der Waals surface area contributed by atoms with Crippen molar-refractivity contribution in [3.05, 3.63) is 65.7 Å². The van der Waals surface area contributed by atoms with Crippen LogP contribution in [0.5, 0.6) is 0 Å². The van der Waals surface area contributed by atoms with E-state index < -0.39 is 5.97 Å². The predicted molar refractivity (Wildman–Crippen MR) is 103 cm³/mol. The van der Waals surface area contributed by atoms with E-state index in [1.54, 1.807) is 0 Å². The van der Waals surface area contributed by atoms with Crippen molar-refractivity contribution >= 4 is 23.5 Å². The lowest BCUT2D eigenvalue weighted by atomic mass is 10.1. The average Bonchev–Trinajstić information content (AvgIpc) is 3.03. The molecule has 4 rings (SSSR count). The smallest absolute Gasteiger partial charge is 0.292 e. The first-order valence-corrected chi connectivity index (χ1v) is 9.93. The quantitative estimate of drug-likeness (QED) is 0.557. The van der Waals surface area contributed by atoms with Crippen LogP contribution in [-0.2, 0) is 16.1 Å². The van der Waals surface area contributed by atoms with Crippen molar-refractivity contribution in [2.45, 2.75) is 19.0 Å². The van der Waals surface area contributed by atoms with E-state index in [0.717, 1.165) is 37.6 Å². The fraction of sp³-hybridized carbons (Fsp3) is 0.318. The Bertz CT molecular complexity index is 905. The van der Waals surface area contributed by atoms with Gasteiger partial charge in [0, 0.05) is 5.56 Å². The van der Waals surface area contributed by atoms with Gasteiger partial charge in [-0.25, -0.2) is 4.90 Å². The summed E-state index contributed by atoms with van der Waals surface area (Å²) in [6, 6.07) is 15.7. The average molecular weight is 394 g/mol. The molecule has 2 fully saturated rings. The SMILES string of the molecule is O=C([O-])c1ccc(N2C(=O)C[C@@H]([NH+]3CC[NH+](Cc4ccccc4)CC3)C2=O)cc1. The number of piperazine rings is 1. The fourth-order valence-electron chi connectivity index (χ4n) is 4.30. The molecule has 0 aromatic heterocycles. The lowest BCUT2D eigenvalue weighted by Gasteiger charge is -2.32. The van der Waals surface area contributed by atoms with E-state index >= 15 is 0 Å². The van der Waals surface area contributed by atoms with E-state index in [2.05, 4.69) is 12.1 Å². The molecule has 2 aliphatic rings. The number of aromatic carboxylic acids is 1. The summed E-state index contributed by atoms with van der Waals surface area (Å²) in [7, 11) is 0. The van der Waals surface area contributed by atoms with Crippen LogP contribution in [0.1, 0.15) is 22.3 Å². The second kappa shape index (κ2) is 8.14. The van der Waals surface area contributed by atoms with Crippen LogP contribution in [-0.4, -0.2) is 50.0 Å².